The van der Waals surface area contributed by atoms with Crippen LogP contribution in [0.25, 0.3) is 0 Å². The van der Waals surface area contributed by atoms with Gasteiger partial charge in [-0.05, 0) is 48.5 Å². The van der Waals surface area contributed by atoms with Crippen molar-refractivity contribution in [1.82, 2.24) is 0 Å². The average molecular weight is 460 g/mol. The molecule has 2 amide bonds. The number of hydrogen-bond acceptors (Lipinski definition) is 5. The van der Waals surface area contributed by atoms with Gasteiger partial charge in [-0.2, -0.15) is 0 Å². The van der Waals surface area contributed by atoms with Crippen molar-refractivity contribution < 1.29 is 28.3 Å². The number of esters is 1. The van der Waals surface area contributed by atoms with Crippen LogP contribution in [0.5, 0.6) is 0 Å². The molecule has 1 atom stereocenters. The average Bonchev–Trinajstić information content (AvgIpc) is 3.25. The fraction of sp³-hybridized carbons (Fsp3) is 0.154. The summed E-state index contributed by atoms with van der Waals surface area (Å²) in [7, 11) is 0. The highest BCUT2D eigenvalue weighted by Crippen LogP contribution is 2.26. The Morgan fingerprint density at radius 1 is 0.912 bits per heavy atom. The lowest BCUT2D eigenvalue weighted by Gasteiger charge is -2.16. The van der Waals surface area contributed by atoms with Gasteiger partial charge in [-0.1, -0.05) is 30.3 Å². The number of ether oxygens (including phenoxy) is 1. The SMILES string of the molecule is O=C(COC(=O)c1ccc(NC(=O)[C@@H]2CC(=O)N(c3ccc(F)cc3)C2)cc1)c1ccccc1. The Hall–Kier alpha value is -4.33. The Morgan fingerprint density at radius 3 is 2.26 bits per heavy atom. The molecule has 3 aromatic rings. The minimum atomic E-state index is -0.654. The predicted molar refractivity (Wildman–Crippen MR) is 123 cm³/mol. The second-order valence-corrected chi connectivity index (χ2v) is 7.81. The van der Waals surface area contributed by atoms with Gasteiger partial charge < -0.3 is 15.0 Å². The van der Waals surface area contributed by atoms with Crippen LogP contribution in [-0.4, -0.2) is 36.7 Å². The summed E-state index contributed by atoms with van der Waals surface area (Å²) in [4.78, 5) is 50.7. The van der Waals surface area contributed by atoms with Gasteiger partial charge in [0.15, 0.2) is 12.4 Å². The highest BCUT2D eigenvalue weighted by molar-refractivity contribution is 6.04. The molecule has 8 heteroatoms. The van der Waals surface area contributed by atoms with Gasteiger partial charge in [0.25, 0.3) is 0 Å². The van der Waals surface area contributed by atoms with Crippen LogP contribution in [0.1, 0.15) is 27.1 Å². The van der Waals surface area contributed by atoms with Gasteiger partial charge in [0, 0.05) is 29.9 Å². The van der Waals surface area contributed by atoms with E-state index in [-0.39, 0.29) is 42.7 Å². The molecule has 0 unspecified atom stereocenters. The first kappa shape index (κ1) is 22.8. The van der Waals surface area contributed by atoms with E-state index in [0.29, 0.717) is 16.9 Å². The van der Waals surface area contributed by atoms with Crippen molar-refractivity contribution in [3.8, 4) is 0 Å². The minimum absolute atomic E-state index is 0.0447. The summed E-state index contributed by atoms with van der Waals surface area (Å²) in [6, 6.07) is 20.1. The Kier molecular flexibility index (Phi) is 6.77. The lowest BCUT2D eigenvalue weighted by molar-refractivity contribution is -0.122. The van der Waals surface area contributed by atoms with Crippen LogP contribution in [0.2, 0.25) is 0 Å². The van der Waals surface area contributed by atoms with E-state index in [1.165, 1.54) is 41.3 Å². The number of benzene rings is 3. The number of Topliss-reactive ketones (excluding diaryl/α,β-unsaturated/α-hetero) is 1. The van der Waals surface area contributed by atoms with E-state index in [2.05, 4.69) is 5.32 Å². The van der Waals surface area contributed by atoms with Gasteiger partial charge in [-0.3, -0.25) is 14.4 Å². The third kappa shape index (κ3) is 5.35. The van der Waals surface area contributed by atoms with Crippen molar-refractivity contribution in [1.29, 1.82) is 0 Å². The van der Waals surface area contributed by atoms with Crippen LogP contribution in [0.4, 0.5) is 15.8 Å². The van der Waals surface area contributed by atoms with Gasteiger partial charge in [0.1, 0.15) is 5.82 Å². The Morgan fingerprint density at radius 2 is 1.59 bits per heavy atom. The van der Waals surface area contributed by atoms with Crippen LogP contribution in [0, 0.1) is 11.7 Å². The highest BCUT2D eigenvalue weighted by Gasteiger charge is 2.35. The summed E-state index contributed by atoms with van der Waals surface area (Å²) in [5.74, 6) is -2.47. The zero-order valence-electron chi connectivity index (χ0n) is 18.1. The van der Waals surface area contributed by atoms with Crippen molar-refractivity contribution in [2.45, 2.75) is 6.42 Å². The summed E-state index contributed by atoms with van der Waals surface area (Å²) in [6.45, 7) is -0.183. The van der Waals surface area contributed by atoms with Gasteiger partial charge >= 0.3 is 5.97 Å². The number of amides is 2. The predicted octanol–water partition coefficient (Wildman–Crippen LogP) is 3.86. The molecule has 0 radical (unpaired) electrons. The molecule has 0 aliphatic carbocycles. The Labute approximate surface area is 195 Å². The van der Waals surface area contributed by atoms with Gasteiger partial charge in [0.2, 0.25) is 11.8 Å². The van der Waals surface area contributed by atoms with Gasteiger partial charge in [-0.15, -0.1) is 0 Å². The molecule has 4 rings (SSSR count). The van der Waals surface area contributed by atoms with Crippen LogP contribution >= 0.6 is 0 Å². The first-order chi connectivity index (χ1) is 16.4. The molecule has 0 saturated carbocycles. The largest absolute Gasteiger partial charge is 0.454 e. The smallest absolute Gasteiger partial charge is 0.338 e. The van der Waals surface area contributed by atoms with Crippen LogP contribution < -0.4 is 10.2 Å². The standard InChI is InChI=1S/C26H21FN2O5/c27-20-8-12-22(13-9-20)29-15-19(14-24(29)31)25(32)28-21-10-6-18(7-11-21)26(33)34-16-23(30)17-4-2-1-3-5-17/h1-13,19H,14-16H2,(H,28,32)/t19-/m1/s1. The van der Waals surface area contributed by atoms with Crippen molar-refractivity contribution >= 4 is 34.9 Å². The fourth-order valence-electron chi connectivity index (χ4n) is 3.61. The third-order valence-electron chi connectivity index (χ3n) is 5.45. The summed E-state index contributed by atoms with van der Waals surface area (Å²) in [6.07, 6.45) is 0.0447. The van der Waals surface area contributed by atoms with Gasteiger partial charge in [-0.25, -0.2) is 9.18 Å². The normalized spacial score (nSPS) is 15.1. The molecule has 1 aliphatic rings. The number of nitrogens with one attached hydrogen (secondary N) is 1. The summed E-state index contributed by atoms with van der Waals surface area (Å²) in [5.41, 5.74) is 1.68. The van der Waals surface area contributed by atoms with Crippen LogP contribution in [0.3, 0.4) is 0 Å². The van der Waals surface area contributed by atoms with E-state index in [1.54, 1.807) is 42.5 Å². The molecule has 0 spiro atoms. The monoisotopic (exact) mass is 460 g/mol. The molecule has 1 heterocycles. The zero-order chi connectivity index (χ0) is 24.1. The van der Waals surface area contributed by atoms with Crippen LogP contribution in [-0.2, 0) is 14.3 Å². The molecule has 0 aromatic heterocycles. The second kappa shape index (κ2) is 10.1. The van der Waals surface area contributed by atoms with Crippen molar-refractivity contribution in [2.75, 3.05) is 23.4 Å². The summed E-state index contributed by atoms with van der Waals surface area (Å²) >= 11 is 0. The molecule has 1 fully saturated rings. The van der Waals surface area contributed by atoms with Crippen LogP contribution in [0.15, 0.2) is 78.9 Å². The second-order valence-electron chi connectivity index (χ2n) is 7.81. The topological polar surface area (TPSA) is 92.8 Å². The lowest BCUT2D eigenvalue weighted by atomic mass is 10.1. The number of ketones is 1. The quantitative estimate of drug-likeness (QED) is 0.427. The number of nitrogens with zero attached hydrogens (tertiary/aromatic N) is 1. The Bertz CT molecular complexity index is 1210. The number of carbonyl (C=O) groups is 4. The van der Waals surface area contributed by atoms with Crippen molar-refractivity contribution in [3.05, 3.63) is 95.8 Å². The number of halogens is 1. The number of rotatable bonds is 7. The van der Waals surface area contributed by atoms with E-state index < -0.39 is 17.7 Å². The van der Waals surface area contributed by atoms with Gasteiger partial charge in [0.05, 0.1) is 11.5 Å². The summed E-state index contributed by atoms with van der Waals surface area (Å²) in [5, 5.41) is 2.74. The molecule has 0 bridgehead atoms. The highest BCUT2D eigenvalue weighted by atomic mass is 19.1. The lowest BCUT2D eigenvalue weighted by Crippen LogP contribution is -2.28. The minimum Gasteiger partial charge on any atom is -0.454 e. The van der Waals surface area contributed by atoms with E-state index >= 15 is 0 Å². The molecule has 172 valence electrons. The maximum Gasteiger partial charge on any atom is 0.338 e. The molecule has 3 aromatic carbocycles. The number of anilines is 2. The first-order valence-electron chi connectivity index (χ1n) is 10.6. The summed E-state index contributed by atoms with van der Waals surface area (Å²) < 4.78 is 18.2. The molecular formula is C26H21FN2O5. The van der Waals surface area contributed by atoms with E-state index in [1.807, 2.05) is 0 Å². The zero-order valence-corrected chi connectivity index (χ0v) is 18.1. The molecule has 1 saturated heterocycles. The maximum absolute atomic E-state index is 13.1. The Balaban J connectivity index is 1.30. The first-order valence-corrected chi connectivity index (χ1v) is 10.6. The maximum atomic E-state index is 13.1. The van der Waals surface area contributed by atoms with Crippen molar-refractivity contribution in [2.24, 2.45) is 5.92 Å². The van der Waals surface area contributed by atoms with E-state index in [4.69, 9.17) is 4.74 Å². The fourth-order valence-corrected chi connectivity index (χ4v) is 3.61. The molecule has 1 aliphatic heterocycles. The van der Waals surface area contributed by atoms with E-state index in [9.17, 15) is 23.6 Å². The molecule has 1 N–H and O–H groups in total. The number of carbonyl (C=O) groups excluding carboxylic acids is 4. The molecule has 7 nitrogen and oxygen atoms in total. The third-order valence-corrected chi connectivity index (χ3v) is 5.45. The number of hydrogen-bond donors (Lipinski definition) is 1. The van der Waals surface area contributed by atoms with E-state index in [0.717, 1.165) is 0 Å². The van der Waals surface area contributed by atoms with Crippen molar-refractivity contribution in [3.63, 3.8) is 0 Å². The molecular weight excluding hydrogens is 439 g/mol. The molecule has 34 heavy (non-hydrogen) atoms.